The van der Waals surface area contributed by atoms with Crippen molar-refractivity contribution in [2.45, 2.75) is 27.3 Å². The van der Waals surface area contributed by atoms with Crippen molar-refractivity contribution in [1.29, 1.82) is 0 Å². The fourth-order valence-corrected chi connectivity index (χ4v) is 6.21. The van der Waals surface area contributed by atoms with Gasteiger partial charge in [-0.3, -0.25) is 19.2 Å². The van der Waals surface area contributed by atoms with Crippen LogP contribution >= 0.6 is 0 Å². The number of carbonyl (C=O) groups is 3. The maximum Gasteiger partial charge on any atom is 0.308 e. The largest absolute Gasteiger partial charge is 0.493 e. The average molecular weight is 665 g/mol. The molecule has 3 aromatic heterocycles. The summed E-state index contributed by atoms with van der Waals surface area (Å²) in [6.45, 7) is 7.88. The van der Waals surface area contributed by atoms with Gasteiger partial charge in [0.15, 0.2) is 34.5 Å². The minimum absolute atomic E-state index is 0.138. The maximum absolute atomic E-state index is 14.6. The minimum atomic E-state index is -0.559. The van der Waals surface area contributed by atoms with E-state index >= 15 is 0 Å². The van der Waals surface area contributed by atoms with Crippen molar-refractivity contribution >= 4 is 56.0 Å². The van der Waals surface area contributed by atoms with Crippen LogP contribution in [0.3, 0.4) is 0 Å². The number of fused-ring (bicyclic) bond motifs is 7. The highest BCUT2D eigenvalue weighted by Gasteiger charge is 2.26. The number of allylic oxidation sites excluding steroid dienone is 1. The minimum Gasteiger partial charge on any atom is -0.493 e. The van der Waals surface area contributed by atoms with Gasteiger partial charge in [0.05, 0.1) is 32.4 Å². The zero-order valence-electron chi connectivity index (χ0n) is 27.7. The van der Waals surface area contributed by atoms with Crippen molar-refractivity contribution in [1.82, 2.24) is 8.97 Å². The first-order chi connectivity index (χ1) is 23.5. The van der Waals surface area contributed by atoms with Gasteiger partial charge < -0.3 is 37.4 Å². The van der Waals surface area contributed by atoms with Gasteiger partial charge in [-0.25, -0.2) is 0 Å². The zero-order valence-corrected chi connectivity index (χ0v) is 27.7. The smallest absolute Gasteiger partial charge is 0.308 e. The molecule has 0 spiro atoms. The molecule has 12 nitrogen and oxygen atoms in total. The molecule has 0 atom stereocenters. The lowest BCUT2D eigenvalue weighted by Crippen LogP contribution is -2.21. The topological polar surface area (TPSA) is 133 Å². The highest BCUT2D eigenvalue weighted by atomic mass is 16.6. The molecule has 0 N–H and O–H groups in total. The first-order valence-corrected chi connectivity index (χ1v) is 15.1. The Morgan fingerprint density at radius 3 is 1.84 bits per heavy atom. The van der Waals surface area contributed by atoms with E-state index in [1.54, 1.807) is 63.7 Å². The summed E-state index contributed by atoms with van der Waals surface area (Å²) in [5, 5.41) is 2.50. The molecule has 49 heavy (non-hydrogen) atoms. The molecule has 3 aromatic carbocycles. The van der Waals surface area contributed by atoms with Gasteiger partial charge in [-0.1, -0.05) is 12.1 Å². The van der Waals surface area contributed by atoms with Crippen LogP contribution in [0.25, 0.3) is 49.2 Å². The molecule has 6 rings (SSSR count). The van der Waals surface area contributed by atoms with E-state index < -0.39 is 17.9 Å². The van der Waals surface area contributed by atoms with Crippen LogP contribution in [-0.2, 0) is 20.9 Å². The number of ether oxygens (including phenoxy) is 6. The number of aromatic nitrogens is 2. The van der Waals surface area contributed by atoms with E-state index in [1.807, 2.05) is 6.07 Å². The summed E-state index contributed by atoms with van der Waals surface area (Å²) >= 11 is 0. The Morgan fingerprint density at radius 1 is 0.694 bits per heavy atom. The van der Waals surface area contributed by atoms with E-state index in [9.17, 15) is 19.2 Å². The molecule has 0 aliphatic rings. The molecule has 3 heterocycles. The van der Waals surface area contributed by atoms with Crippen LogP contribution in [-0.4, -0.2) is 48.2 Å². The van der Waals surface area contributed by atoms with Crippen LogP contribution in [0, 0.1) is 0 Å². The molecule has 0 amide bonds. The number of carbonyl (C=O) groups excluding carboxylic acids is 3. The number of hydrogen-bond acceptors (Lipinski definition) is 10. The van der Waals surface area contributed by atoms with Crippen molar-refractivity contribution in [3.05, 3.63) is 77.7 Å². The summed E-state index contributed by atoms with van der Waals surface area (Å²) in [6.07, 6.45) is 3.37. The van der Waals surface area contributed by atoms with Crippen LogP contribution in [0.15, 0.2) is 72.2 Å². The van der Waals surface area contributed by atoms with Crippen molar-refractivity contribution in [3.8, 4) is 45.6 Å². The zero-order chi connectivity index (χ0) is 35.1. The molecule has 250 valence electrons. The predicted octanol–water partition coefficient (Wildman–Crippen LogP) is 6.22. The Bertz CT molecular complexity index is 2440. The lowest BCUT2D eigenvalue weighted by Gasteiger charge is -2.15. The molecular formula is C37H32N2O10. The molecule has 6 aromatic rings. The van der Waals surface area contributed by atoms with Crippen LogP contribution in [0.1, 0.15) is 20.8 Å². The van der Waals surface area contributed by atoms with Gasteiger partial charge in [0, 0.05) is 61.3 Å². The summed E-state index contributed by atoms with van der Waals surface area (Å²) in [6, 6.07) is 13.7. The van der Waals surface area contributed by atoms with Gasteiger partial charge in [0.2, 0.25) is 0 Å². The van der Waals surface area contributed by atoms with Gasteiger partial charge >= 0.3 is 17.9 Å². The van der Waals surface area contributed by atoms with Crippen LogP contribution < -0.4 is 34.0 Å². The molecule has 0 saturated heterocycles. The van der Waals surface area contributed by atoms with Crippen molar-refractivity contribution in [2.75, 3.05) is 21.3 Å². The number of hydrogen-bond donors (Lipinski definition) is 0. The summed E-state index contributed by atoms with van der Waals surface area (Å²) in [5.74, 6) is -0.186. The number of nitrogens with zero attached hydrogens (tertiary/aromatic N) is 2. The fraction of sp³-hybridized carbons (Fsp3) is 0.189. The van der Waals surface area contributed by atoms with E-state index in [0.717, 1.165) is 0 Å². The monoisotopic (exact) mass is 664 g/mol. The highest BCUT2D eigenvalue weighted by Crippen LogP contribution is 2.46. The quantitative estimate of drug-likeness (QED) is 0.0997. The SMILES string of the molecule is C=CCn1c(=O)c2c(c(-c3ccc(OC)c(OC(C)=O)c3)c3c4cc(OC)c(OC(C)=O)cc4ccn32)c2cc(OC)c(OC(C)=O)cc21. The van der Waals surface area contributed by atoms with Gasteiger partial charge in [0.25, 0.3) is 5.56 Å². The predicted molar refractivity (Wildman–Crippen MR) is 183 cm³/mol. The number of rotatable bonds is 9. The summed E-state index contributed by atoms with van der Waals surface area (Å²) < 4.78 is 36.6. The Kier molecular flexibility index (Phi) is 8.47. The van der Waals surface area contributed by atoms with Gasteiger partial charge in [0.1, 0.15) is 5.52 Å². The van der Waals surface area contributed by atoms with Crippen molar-refractivity contribution in [3.63, 3.8) is 0 Å². The second kappa shape index (κ2) is 12.7. The van der Waals surface area contributed by atoms with Crippen LogP contribution in [0.2, 0.25) is 0 Å². The normalized spacial score (nSPS) is 11.1. The van der Waals surface area contributed by atoms with Gasteiger partial charge in [-0.15, -0.1) is 6.58 Å². The Hall–Kier alpha value is -6.30. The number of benzene rings is 3. The molecular weight excluding hydrogens is 632 g/mol. The van der Waals surface area contributed by atoms with Crippen molar-refractivity contribution < 1.29 is 42.8 Å². The Labute approximate surface area is 279 Å². The molecule has 0 saturated carbocycles. The molecule has 0 fully saturated rings. The maximum atomic E-state index is 14.6. The van der Waals surface area contributed by atoms with E-state index in [4.69, 9.17) is 28.4 Å². The van der Waals surface area contributed by atoms with E-state index in [1.165, 1.54) is 42.1 Å². The molecule has 0 radical (unpaired) electrons. The summed E-state index contributed by atoms with van der Waals surface area (Å²) in [4.78, 5) is 50.7. The lowest BCUT2D eigenvalue weighted by molar-refractivity contribution is -0.132. The van der Waals surface area contributed by atoms with Crippen molar-refractivity contribution in [2.24, 2.45) is 0 Å². The van der Waals surface area contributed by atoms with E-state index in [-0.39, 0.29) is 35.1 Å². The molecule has 0 bridgehead atoms. The first kappa shape index (κ1) is 32.6. The first-order valence-electron chi connectivity index (χ1n) is 15.1. The number of pyridine rings is 2. The third-order valence-electron chi connectivity index (χ3n) is 8.01. The molecule has 12 heteroatoms. The van der Waals surface area contributed by atoms with E-state index in [0.29, 0.717) is 60.7 Å². The van der Waals surface area contributed by atoms with Crippen LogP contribution in [0.4, 0.5) is 0 Å². The van der Waals surface area contributed by atoms with E-state index in [2.05, 4.69) is 6.58 Å². The highest BCUT2D eigenvalue weighted by molar-refractivity contribution is 6.22. The van der Waals surface area contributed by atoms with Gasteiger partial charge in [-0.2, -0.15) is 0 Å². The lowest BCUT2D eigenvalue weighted by atomic mass is 9.97. The fourth-order valence-electron chi connectivity index (χ4n) is 6.21. The summed E-state index contributed by atoms with van der Waals surface area (Å²) in [5.41, 5.74) is 2.24. The van der Waals surface area contributed by atoms with Gasteiger partial charge in [-0.05, 0) is 47.3 Å². The second-order valence-corrected chi connectivity index (χ2v) is 11.1. The summed E-state index contributed by atoms with van der Waals surface area (Å²) in [7, 11) is 4.39. The second-order valence-electron chi connectivity index (χ2n) is 11.1. The Morgan fingerprint density at radius 2 is 1.27 bits per heavy atom. The molecule has 0 aliphatic carbocycles. The molecule has 0 unspecified atom stereocenters. The Balaban J connectivity index is 1.90. The molecule has 0 aliphatic heterocycles. The third-order valence-corrected chi connectivity index (χ3v) is 8.01. The number of methoxy groups -OCH3 is 3. The standard InChI is InChI=1S/C37H32N2O10/c1-8-12-38-26-18-32(49-21(4)42)29(46-7)17-25(26)34-33(23-9-10-27(44-5)30(15-23)47-19(2)40)35-24-16-28(45-6)31(48-20(3)41)14-22(24)11-13-39(35)36(34)37(38)43/h8-11,13-18H,1,12H2,2-7H3. The van der Waals surface area contributed by atoms with Crippen LogP contribution in [0.5, 0.6) is 34.5 Å². The third kappa shape index (κ3) is 5.56. The average Bonchev–Trinajstić information content (AvgIpc) is 3.41. The number of esters is 3.